The Bertz CT molecular complexity index is 797. The first-order chi connectivity index (χ1) is 10.8. The van der Waals surface area contributed by atoms with Gasteiger partial charge in [-0.15, -0.1) is 16.8 Å². The summed E-state index contributed by atoms with van der Waals surface area (Å²) in [7, 11) is -3.72. The predicted molar refractivity (Wildman–Crippen MR) is 87.7 cm³/mol. The molecular weight excluding hydrogens is 316 g/mol. The fourth-order valence-corrected chi connectivity index (χ4v) is 3.54. The molecular formula is C15H20N4O3S. The van der Waals surface area contributed by atoms with Crippen LogP contribution in [0.25, 0.3) is 0 Å². The molecule has 1 aromatic carbocycles. The highest BCUT2D eigenvalue weighted by Crippen LogP contribution is 2.24. The zero-order valence-corrected chi connectivity index (χ0v) is 14.0. The average molecular weight is 336 g/mol. The molecule has 0 saturated carbocycles. The number of ether oxygens (including phenoxy) is 1. The summed E-state index contributed by atoms with van der Waals surface area (Å²) in [6, 6.07) is 7.02. The smallest absolute Gasteiger partial charge is 0.251 e. The molecule has 0 saturated heterocycles. The minimum absolute atomic E-state index is 0.0372. The monoisotopic (exact) mass is 336 g/mol. The molecule has 7 nitrogen and oxygen atoms in total. The number of nitrogens with two attached hydrogens (primary N) is 1. The quantitative estimate of drug-likeness (QED) is 0.774. The van der Waals surface area contributed by atoms with E-state index in [9.17, 15) is 8.42 Å². The third-order valence-electron chi connectivity index (χ3n) is 3.02. The van der Waals surface area contributed by atoms with Crippen LogP contribution in [0.4, 0.5) is 5.95 Å². The number of allylic oxidation sites excluding steroid dienone is 1. The molecule has 1 aromatic heterocycles. The number of hydrogen-bond donors (Lipinski definition) is 1. The van der Waals surface area contributed by atoms with E-state index in [1.54, 1.807) is 24.3 Å². The maximum atomic E-state index is 12.7. The second kappa shape index (κ2) is 6.82. The van der Waals surface area contributed by atoms with Crippen molar-refractivity contribution in [2.75, 3.05) is 5.73 Å². The van der Waals surface area contributed by atoms with Crippen molar-refractivity contribution >= 4 is 15.8 Å². The highest BCUT2D eigenvalue weighted by Gasteiger charge is 2.25. The zero-order valence-electron chi connectivity index (χ0n) is 13.1. The molecule has 0 aliphatic rings. The molecule has 0 radical (unpaired) electrons. The van der Waals surface area contributed by atoms with Crippen molar-refractivity contribution in [3.05, 3.63) is 42.5 Å². The fraction of sp³-hybridized carbons (Fsp3) is 0.333. The molecule has 1 heterocycles. The van der Waals surface area contributed by atoms with E-state index < -0.39 is 9.84 Å². The first-order valence-electron chi connectivity index (χ1n) is 7.12. The zero-order chi connectivity index (χ0) is 17.0. The van der Waals surface area contributed by atoms with Gasteiger partial charge in [0.1, 0.15) is 5.75 Å². The third-order valence-corrected chi connectivity index (χ3v) is 4.57. The summed E-state index contributed by atoms with van der Waals surface area (Å²) in [6.45, 7) is 7.57. The van der Waals surface area contributed by atoms with Gasteiger partial charge in [-0.3, -0.25) is 4.57 Å². The molecule has 0 amide bonds. The topological polar surface area (TPSA) is 100 Å². The minimum atomic E-state index is -3.72. The van der Waals surface area contributed by atoms with Crippen LogP contribution in [0.5, 0.6) is 5.75 Å². The molecule has 0 aliphatic heterocycles. The van der Waals surface area contributed by atoms with Crippen molar-refractivity contribution in [3.8, 4) is 5.75 Å². The van der Waals surface area contributed by atoms with E-state index in [0.29, 0.717) is 11.3 Å². The van der Waals surface area contributed by atoms with Gasteiger partial charge in [0.05, 0.1) is 11.9 Å². The normalized spacial score (nSPS) is 11.6. The predicted octanol–water partition coefficient (Wildman–Crippen LogP) is 1.81. The Labute approximate surface area is 135 Å². The van der Waals surface area contributed by atoms with Crippen LogP contribution in [0.15, 0.2) is 42.1 Å². The maximum Gasteiger partial charge on any atom is 0.251 e. The molecule has 0 bridgehead atoms. The minimum Gasteiger partial charge on any atom is -0.491 e. The van der Waals surface area contributed by atoms with Crippen LogP contribution >= 0.6 is 0 Å². The summed E-state index contributed by atoms with van der Waals surface area (Å²) < 4.78 is 32.3. The molecule has 23 heavy (non-hydrogen) atoms. The average Bonchev–Trinajstić information content (AvgIpc) is 2.83. The van der Waals surface area contributed by atoms with Gasteiger partial charge < -0.3 is 10.5 Å². The lowest BCUT2D eigenvalue weighted by Crippen LogP contribution is -2.15. The molecule has 0 unspecified atom stereocenters. The molecule has 0 atom stereocenters. The number of sulfone groups is 1. The number of rotatable bonds is 7. The number of anilines is 1. The second-order valence-corrected chi connectivity index (χ2v) is 7.16. The van der Waals surface area contributed by atoms with Crippen LogP contribution < -0.4 is 10.5 Å². The maximum absolute atomic E-state index is 12.7. The lowest BCUT2D eigenvalue weighted by Gasteiger charge is -2.14. The first-order valence-corrected chi connectivity index (χ1v) is 8.77. The summed E-state index contributed by atoms with van der Waals surface area (Å²) in [5.74, 6) is 0.328. The summed E-state index contributed by atoms with van der Waals surface area (Å²) in [5, 5.41) is 7.18. The second-order valence-electron chi connectivity index (χ2n) is 5.27. The molecule has 124 valence electrons. The van der Waals surface area contributed by atoms with Crippen molar-refractivity contribution < 1.29 is 13.2 Å². The molecule has 8 heteroatoms. The highest BCUT2D eigenvalue weighted by atomic mass is 32.2. The number of benzene rings is 1. The number of para-hydroxylation sites is 1. The van der Waals surface area contributed by atoms with E-state index in [-0.39, 0.29) is 29.5 Å². The third kappa shape index (κ3) is 3.89. The number of nitrogens with zero attached hydrogens (tertiary/aromatic N) is 3. The van der Waals surface area contributed by atoms with Crippen LogP contribution in [0, 0.1) is 0 Å². The largest absolute Gasteiger partial charge is 0.491 e. The summed E-state index contributed by atoms with van der Waals surface area (Å²) >= 11 is 0. The Hall–Kier alpha value is -2.35. The van der Waals surface area contributed by atoms with Gasteiger partial charge in [-0.1, -0.05) is 24.3 Å². The van der Waals surface area contributed by atoms with Gasteiger partial charge >= 0.3 is 0 Å². The van der Waals surface area contributed by atoms with E-state index >= 15 is 0 Å². The Morgan fingerprint density at radius 2 is 2.04 bits per heavy atom. The molecule has 0 aliphatic carbocycles. The van der Waals surface area contributed by atoms with Gasteiger partial charge in [-0.25, -0.2) is 8.42 Å². The van der Waals surface area contributed by atoms with Crippen molar-refractivity contribution in [2.45, 2.75) is 37.4 Å². The van der Waals surface area contributed by atoms with Crippen LogP contribution in [0.1, 0.15) is 19.4 Å². The Morgan fingerprint density at radius 3 is 2.70 bits per heavy atom. The molecule has 0 spiro atoms. The molecule has 2 N–H and O–H groups in total. The van der Waals surface area contributed by atoms with Gasteiger partial charge in [0.25, 0.3) is 5.16 Å². The van der Waals surface area contributed by atoms with Gasteiger partial charge in [0.2, 0.25) is 15.8 Å². The van der Waals surface area contributed by atoms with Gasteiger partial charge in [-0.2, -0.15) is 0 Å². The van der Waals surface area contributed by atoms with Gasteiger partial charge in [0.15, 0.2) is 0 Å². The number of hydrogen-bond acceptors (Lipinski definition) is 6. The molecule has 2 aromatic rings. The van der Waals surface area contributed by atoms with Crippen molar-refractivity contribution in [2.24, 2.45) is 0 Å². The summed E-state index contributed by atoms with van der Waals surface area (Å²) in [4.78, 5) is 0. The summed E-state index contributed by atoms with van der Waals surface area (Å²) in [6.07, 6.45) is 1.48. The van der Waals surface area contributed by atoms with E-state index in [2.05, 4.69) is 16.8 Å². The van der Waals surface area contributed by atoms with Crippen LogP contribution in [-0.4, -0.2) is 29.3 Å². The molecule has 2 rings (SSSR count). The van der Waals surface area contributed by atoms with Gasteiger partial charge in [0, 0.05) is 12.1 Å². The number of nitrogen functional groups attached to an aromatic ring is 1. The van der Waals surface area contributed by atoms with E-state index in [1.807, 2.05) is 13.8 Å². The Balaban J connectivity index is 2.38. The standard InChI is InChI=1S/C15H20N4O3S/c1-4-9-19-14(16)17-18-15(19)23(20,21)10-12-7-5-6-8-13(12)22-11(2)3/h4-8,11H,1,9-10H2,2-3H3,(H2,16,17). The number of aromatic nitrogens is 3. The lowest BCUT2D eigenvalue weighted by atomic mass is 10.2. The molecule has 0 fully saturated rings. The van der Waals surface area contributed by atoms with Crippen LogP contribution in [0.3, 0.4) is 0 Å². The van der Waals surface area contributed by atoms with E-state index in [0.717, 1.165) is 0 Å². The van der Waals surface area contributed by atoms with E-state index in [4.69, 9.17) is 10.5 Å². The summed E-state index contributed by atoms with van der Waals surface area (Å²) in [5.41, 5.74) is 6.23. The first kappa shape index (κ1) is 17.0. The Morgan fingerprint density at radius 1 is 1.35 bits per heavy atom. The van der Waals surface area contributed by atoms with E-state index in [1.165, 1.54) is 10.6 Å². The SMILES string of the molecule is C=CCn1c(N)nnc1S(=O)(=O)Cc1ccccc1OC(C)C. The van der Waals surface area contributed by atoms with Crippen LogP contribution in [0.2, 0.25) is 0 Å². The van der Waals surface area contributed by atoms with Crippen molar-refractivity contribution in [3.63, 3.8) is 0 Å². The Kier molecular flexibility index (Phi) is 5.05. The fourth-order valence-electron chi connectivity index (χ4n) is 2.09. The van der Waals surface area contributed by atoms with Crippen molar-refractivity contribution in [1.29, 1.82) is 0 Å². The van der Waals surface area contributed by atoms with Crippen molar-refractivity contribution in [1.82, 2.24) is 14.8 Å². The van der Waals surface area contributed by atoms with Gasteiger partial charge in [-0.05, 0) is 19.9 Å². The lowest BCUT2D eigenvalue weighted by molar-refractivity contribution is 0.240. The highest BCUT2D eigenvalue weighted by molar-refractivity contribution is 7.90. The van der Waals surface area contributed by atoms with Crippen LogP contribution in [-0.2, 0) is 22.1 Å².